The Balaban J connectivity index is 1.55. The van der Waals surface area contributed by atoms with Crippen molar-refractivity contribution in [2.45, 2.75) is 26.3 Å². The zero-order valence-corrected chi connectivity index (χ0v) is 14.7. The van der Waals surface area contributed by atoms with E-state index in [0.29, 0.717) is 5.56 Å². The average Bonchev–Trinajstić information content (AvgIpc) is 3.10. The fourth-order valence-corrected chi connectivity index (χ4v) is 2.30. The molecule has 28 heavy (non-hydrogen) atoms. The van der Waals surface area contributed by atoms with Crippen LogP contribution in [0.1, 0.15) is 17.0 Å². The second-order valence-electron chi connectivity index (χ2n) is 5.91. The van der Waals surface area contributed by atoms with Crippen LogP contribution in [0, 0.1) is 6.92 Å². The molecule has 0 aliphatic heterocycles. The molecule has 0 atom stereocenters. The van der Waals surface area contributed by atoms with Crippen molar-refractivity contribution < 1.29 is 32.0 Å². The van der Waals surface area contributed by atoms with Crippen LogP contribution in [0.3, 0.4) is 0 Å². The summed E-state index contributed by atoms with van der Waals surface area (Å²) in [5, 5.41) is 3.72. The van der Waals surface area contributed by atoms with Gasteiger partial charge in [-0.05, 0) is 36.8 Å². The van der Waals surface area contributed by atoms with Crippen LogP contribution in [0.5, 0.6) is 5.75 Å². The van der Waals surface area contributed by atoms with E-state index in [1.165, 1.54) is 12.1 Å². The van der Waals surface area contributed by atoms with Gasteiger partial charge in [-0.15, -0.1) is 13.2 Å². The molecule has 0 unspecified atom stereocenters. The van der Waals surface area contributed by atoms with Gasteiger partial charge in [0.05, 0.1) is 6.42 Å². The first kappa shape index (κ1) is 19.4. The fourth-order valence-electron chi connectivity index (χ4n) is 2.30. The van der Waals surface area contributed by atoms with Crippen LogP contribution in [-0.2, 0) is 22.6 Å². The van der Waals surface area contributed by atoms with Crippen molar-refractivity contribution in [1.29, 1.82) is 0 Å². The minimum Gasteiger partial charge on any atom is -0.455 e. The maximum atomic E-state index is 12.2. The topological polar surface area (TPSA) is 74.5 Å². The lowest BCUT2D eigenvalue weighted by atomic mass is 10.1. The third-order valence-corrected chi connectivity index (χ3v) is 3.64. The summed E-state index contributed by atoms with van der Waals surface area (Å²) in [7, 11) is 0. The lowest BCUT2D eigenvalue weighted by Gasteiger charge is -2.08. The van der Waals surface area contributed by atoms with E-state index in [4.69, 9.17) is 9.26 Å². The van der Waals surface area contributed by atoms with Crippen molar-refractivity contribution in [3.63, 3.8) is 0 Å². The Kier molecular flexibility index (Phi) is 5.62. The number of hydrogen-bond acceptors (Lipinski definition) is 6. The standard InChI is InChI=1S/C19H15F3N2O4/c1-12-2-4-13(5-3-12)10-17(25)26-11-16-23-18(24-28-16)14-6-8-15(9-7-14)27-19(20,21)22/h2-9H,10-11H2,1H3. The lowest BCUT2D eigenvalue weighted by Crippen LogP contribution is -2.16. The van der Waals surface area contributed by atoms with Gasteiger partial charge >= 0.3 is 12.3 Å². The number of benzene rings is 2. The Bertz CT molecular complexity index is 935. The largest absolute Gasteiger partial charge is 0.573 e. The Morgan fingerprint density at radius 3 is 2.39 bits per heavy atom. The summed E-state index contributed by atoms with van der Waals surface area (Å²) in [6, 6.07) is 12.5. The number of ether oxygens (including phenoxy) is 2. The van der Waals surface area contributed by atoms with E-state index < -0.39 is 12.3 Å². The molecule has 146 valence electrons. The molecule has 0 bridgehead atoms. The monoisotopic (exact) mass is 392 g/mol. The first-order valence-corrected chi connectivity index (χ1v) is 8.18. The summed E-state index contributed by atoms with van der Waals surface area (Å²) in [6.07, 6.45) is -4.65. The molecule has 2 aromatic carbocycles. The molecule has 1 heterocycles. The van der Waals surface area contributed by atoms with Crippen molar-refractivity contribution >= 4 is 5.97 Å². The second-order valence-corrected chi connectivity index (χ2v) is 5.91. The number of nitrogens with zero attached hydrogens (tertiary/aromatic N) is 2. The SMILES string of the molecule is Cc1ccc(CC(=O)OCc2nc(-c3ccc(OC(F)(F)F)cc3)no2)cc1. The average molecular weight is 392 g/mol. The van der Waals surface area contributed by atoms with Gasteiger partial charge in [0.15, 0.2) is 6.61 Å². The zero-order chi connectivity index (χ0) is 20.1. The molecule has 3 aromatic rings. The van der Waals surface area contributed by atoms with Gasteiger partial charge in [-0.25, -0.2) is 0 Å². The van der Waals surface area contributed by atoms with Crippen LogP contribution >= 0.6 is 0 Å². The van der Waals surface area contributed by atoms with Gasteiger partial charge in [-0.2, -0.15) is 4.98 Å². The minimum atomic E-state index is -4.76. The third-order valence-electron chi connectivity index (χ3n) is 3.64. The Hall–Kier alpha value is -3.36. The number of aryl methyl sites for hydroxylation is 1. The highest BCUT2D eigenvalue weighted by Gasteiger charge is 2.31. The fraction of sp³-hybridized carbons (Fsp3) is 0.211. The molecule has 9 heteroatoms. The smallest absolute Gasteiger partial charge is 0.455 e. The van der Waals surface area contributed by atoms with Crippen LogP contribution in [-0.4, -0.2) is 22.5 Å². The molecule has 0 aliphatic carbocycles. The van der Waals surface area contributed by atoms with Gasteiger partial charge < -0.3 is 14.0 Å². The van der Waals surface area contributed by atoms with Gasteiger partial charge in [-0.3, -0.25) is 4.79 Å². The highest BCUT2D eigenvalue weighted by atomic mass is 19.4. The van der Waals surface area contributed by atoms with Crippen molar-refractivity contribution in [3.05, 3.63) is 65.5 Å². The Morgan fingerprint density at radius 1 is 1.07 bits per heavy atom. The zero-order valence-electron chi connectivity index (χ0n) is 14.7. The number of carbonyl (C=O) groups excluding carboxylic acids is 1. The maximum absolute atomic E-state index is 12.2. The van der Waals surface area contributed by atoms with Crippen molar-refractivity contribution in [2.24, 2.45) is 0 Å². The van der Waals surface area contributed by atoms with E-state index in [2.05, 4.69) is 14.9 Å². The van der Waals surface area contributed by atoms with Gasteiger partial charge in [0, 0.05) is 5.56 Å². The van der Waals surface area contributed by atoms with Crippen LogP contribution in [0.2, 0.25) is 0 Å². The first-order valence-electron chi connectivity index (χ1n) is 8.18. The van der Waals surface area contributed by atoms with Crippen LogP contribution in [0.15, 0.2) is 53.1 Å². The quantitative estimate of drug-likeness (QED) is 0.585. The molecule has 0 spiro atoms. The highest BCUT2D eigenvalue weighted by Crippen LogP contribution is 2.25. The van der Waals surface area contributed by atoms with Crippen molar-refractivity contribution in [2.75, 3.05) is 0 Å². The van der Waals surface area contributed by atoms with E-state index in [1.54, 1.807) is 0 Å². The van der Waals surface area contributed by atoms with Crippen LogP contribution in [0.25, 0.3) is 11.4 Å². The van der Waals surface area contributed by atoms with Crippen molar-refractivity contribution in [1.82, 2.24) is 10.1 Å². The summed E-state index contributed by atoms with van der Waals surface area (Å²) in [6.45, 7) is 1.75. The molecule has 3 rings (SSSR count). The van der Waals surface area contributed by atoms with Crippen LogP contribution < -0.4 is 4.74 Å². The number of rotatable bonds is 6. The number of aromatic nitrogens is 2. The predicted molar refractivity (Wildman–Crippen MR) is 91.1 cm³/mol. The summed E-state index contributed by atoms with van der Waals surface area (Å²) in [5.74, 6) is -0.576. The highest BCUT2D eigenvalue weighted by molar-refractivity contribution is 5.72. The molecular weight excluding hydrogens is 377 g/mol. The van der Waals surface area contributed by atoms with Gasteiger partial charge in [0.2, 0.25) is 5.82 Å². The van der Waals surface area contributed by atoms with Crippen LogP contribution in [0.4, 0.5) is 13.2 Å². The number of halogens is 3. The van der Waals surface area contributed by atoms with Gasteiger partial charge in [0.25, 0.3) is 5.89 Å². The summed E-state index contributed by atoms with van der Waals surface area (Å²) in [4.78, 5) is 15.9. The van der Waals surface area contributed by atoms with E-state index in [-0.39, 0.29) is 30.5 Å². The Morgan fingerprint density at radius 2 is 1.75 bits per heavy atom. The lowest BCUT2D eigenvalue weighted by molar-refractivity contribution is -0.274. The molecule has 0 radical (unpaired) electrons. The first-order chi connectivity index (χ1) is 13.3. The van der Waals surface area contributed by atoms with E-state index in [1.807, 2.05) is 31.2 Å². The number of carbonyl (C=O) groups is 1. The third kappa shape index (κ3) is 5.57. The predicted octanol–water partition coefficient (Wildman–Crippen LogP) is 4.23. The molecular formula is C19H15F3N2O4. The second kappa shape index (κ2) is 8.12. The number of alkyl halides is 3. The van der Waals surface area contributed by atoms with E-state index >= 15 is 0 Å². The molecule has 0 saturated carbocycles. The van der Waals surface area contributed by atoms with E-state index in [0.717, 1.165) is 23.3 Å². The Labute approximate surface area is 157 Å². The van der Waals surface area contributed by atoms with Gasteiger partial charge in [0.1, 0.15) is 5.75 Å². The summed E-state index contributed by atoms with van der Waals surface area (Å²) in [5.41, 5.74) is 2.34. The molecule has 0 fully saturated rings. The normalized spacial score (nSPS) is 11.3. The summed E-state index contributed by atoms with van der Waals surface area (Å²) < 4.78 is 50.4. The molecule has 0 aliphatic rings. The van der Waals surface area contributed by atoms with Crippen molar-refractivity contribution in [3.8, 4) is 17.1 Å². The maximum Gasteiger partial charge on any atom is 0.573 e. The van der Waals surface area contributed by atoms with E-state index in [9.17, 15) is 18.0 Å². The molecule has 0 N–H and O–H groups in total. The van der Waals surface area contributed by atoms with Gasteiger partial charge in [-0.1, -0.05) is 35.0 Å². The summed E-state index contributed by atoms with van der Waals surface area (Å²) >= 11 is 0. The molecule has 0 amide bonds. The number of hydrogen-bond donors (Lipinski definition) is 0. The minimum absolute atomic E-state index is 0.0721. The molecule has 6 nitrogen and oxygen atoms in total. The number of esters is 1. The molecule has 1 aromatic heterocycles. The molecule has 0 saturated heterocycles.